The van der Waals surface area contributed by atoms with Gasteiger partial charge in [0, 0.05) is 6.54 Å². The minimum atomic E-state index is -0.899. The Labute approximate surface area is 172 Å². The average molecular weight is 398 g/mol. The van der Waals surface area contributed by atoms with Crippen molar-refractivity contribution in [3.8, 4) is 0 Å². The third-order valence-corrected chi connectivity index (χ3v) is 7.19. The maximum absolute atomic E-state index is 13.8. The van der Waals surface area contributed by atoms with Gasteiger partial charge in [0.05, 0.1) is 5.92 Å². The molecule has 2 fully saturated rings. The molecule has 0 radical (unpaired) electrons. The Morgan fingerprint density at radius 1 is 1.07 bits per heavy atom. The first-order valence-corrected chi connectivity index (χ1v) is 11.0. The lowest BCUT2D eigenvalue weighted by Gasteiger charge is -2.37. The zero-order chi connectivity index (χ0) is 20.4. The van der Waals surface area contributed by atoms with Crippen LogP contribution in [-0.2, 0) is 15.1 Å². The lowest BCUT2D eigenvalue weighted by atomic mass is 9.71. The molecule has 0 aromatic heterocycles. The smallest absolute Gasteiger partial charge is 0.306 e. The number of carbonyl (C=O) groups is 2. The van der Waals surface area contributed by atoms with Gasteiger partial charge in [-0.2, -0.15) is 0 Å². The van der Waals surface area contributed by atoms with Crippen molar-refractivity contribution in [2.24, 2.45) is 28.5 Å². The average Bonchev–Trinajstić information content (AvgIpc) is 3.01. The Hall–Kier alpha value is -2.37. The molecule has 4 rings (SSSR count). The number of hydrogen-bond acceptors (Lipinski definition) is 4. The molecular weight excluding hydrogens is 366 g/mol. The van der Waals surface area contributed by atoms with Gasteiger partial charge in [-0.1, -0.05) is 49.6 Å². The zero-order valence-electron chi connectivity index (χ0n) is 16.9. The topological polar surface area (TPSA) is 96.0 Å². The summed E-state index contributed by atoms with van der Waals surface area (Å²) in [5, 5.41) is 9.23. The van der Waals surface area contributed by atoms with Crippen LogP contribution < -0.4 is 5.73 Å². The molecule has 156 valence electrons. The van der Waals surface area contributed by atoms with Crippen molar-refractivity contribution in [1.29, 1.82) is 0 Å². The summed E-state index contributed by atoms with van der Waals surface area (Å²) in [4.78, 5) is 31.6. The van der Waals surface area contributed by atoms with E-state index in [2.05, 4.69) is 0 Å². The van der Waals surface area contributed by atoms with Gasteiger partial charge < -0.3 is 10.8 Å². The molecule has 3 N–H and O–H groups in total. The molecule has 0 saturated heterocycles. The van der Waals surface area contributed by atoms with E-state index in [1.165, 1.54) is 6.42 Å². The molecule has 2 aliphatic carbocycles. The maximum atomic E-state index is 13.8. The molecule has 6 heteroatoms. The van der Waals surface area contributed by atoms with Crippen molar-refractivity contribution in [2.45, 2.75) is 63.3 Å². The molecule has 1 amide bonds. The lowest BCUT2D eigenvalue weighted by molar-refractivity contribution is -0.143. The number of nitrogens with two attached hydrogens (primary N) is 1. The second-order valence-electron chi connectivity index (χ2n) is 8.91. The van der Waals surface area contributed by atoms with Crippen molar-refractivity contribution in [3.63, 3.8) is 0 Å². The van der Waals surface area contributed by atoms with Gasteiger partial charge in [0.15, 0.2) is 11.5 Å². The number of aliphatic carboxylic acids is 1. The number of carboxylic acid groups (broad SMARTS) is 1. The zero-order valence-corrected chi connectivity index (χ0v) is 16.9. The van der Waals surface area contributed by atoms with E-state index in [4.69, 9.17) is 10.7 Å². The summed E-state index contributed by atoms with van der Waals surface area (Å²) in [5.74, 6) is -0.170. The fourth-order valence-electron chi connectivity index (χ4n) is 5.53. The predicted octanol–water partition coefficient (Wildman–Crippen LogP) is 3.51. The summed E-state index contributed by atoms with van der Waals surface area (Å²) >= 11 is 0. The van der Waals surface area contributed by atoms with Crippen LogP contribution in [0, 0.1) is 17.8 Å². The van der Waals surface area contributed by atoms with Crippen molar-refractivity contribution in [2.75, 3.05) is 6.54 Å². The number of carboxylic acids is 1. The predicted molar refractivity (Wildman–Crippen MR) is 111 cm³/mol. The molecule has 0 spiro atoms. The van der Waals surface area contributed by atoms with Crippen LogP contribution in [0.1, 0.15) is 63.4 Å². The highest BCUT2D eigenvalue weighted by molar-refractivity contribution is 6.07. The van der Waals surface area contributed by atoms with Gasteiger partial charge in [0.1, 0.15) is 0 Å². The molecule has 0 bridgehead atoms. The quantitative estimate of drug-likeness (QED) is 0.795. The molecule has 1 aromatic rings. The Bertz CT molecular complexity index is 780. The van der Waals surface area contributed by atoms with Crippen LogP contribution in [0.25, 0.3) is 0 Å². The van der Waals surface area contributed by atoms with E-state index < -0.39 is 11.5 Å². The molecule has 1 unspecified atom stereocenters. The van der Waals surface area contributed by atoms with Crippen molar-refractivity contribution in [3.05, 3.63) is 35.9 Å². The minimum Gasteiger partial charge on any atom is -0.481 e. The third-order valence-electron chi connectivity index (χ3n) is 7.19. The number of amides is 1. The third kappa shape index (κ3) is 3.65. The highest BCUT2D eigenvalue weighted by Gasteiger charge is 2.54. The van der Waals surface area contributed by atoms with Gasteiger partial charge in [0.25, 0.3) is 5.91 Å². The van der Waals surface area contributed by atoms with Crippen molar-refractivity contribution < 1.29 is 14.7 Å². The summed E-state index contributed by atoms with van der Waals surface area (Å²) in [6, 6.07) is 9.91. The summed E-state index contributed by atoms with van der Waals surface area (Å²) in [7, 11) is 0. The van der Waals surface area contributed by atoms with Gasteiger partial charge in [0.2, 0.25) is 0 Å². The van der Waals surface area contributed by atoms with E-state index in [1.54, 1.807) is 4.90 Å². The van der Waals surface area contributed by atoms with Gasteiger partial charge in [-0.25, -0.2) is 4.99 Å². The van der Waals surface area contributed by atoms with Crippen LogP contribution in [0.15, 0.2) is 35.3 Å². The summed E-state index contributed by atoms with van der Waals surface area (Å²) in [5.41, 5.74) is 6.39. The minimum absolute atomic E-state index is 0.00783. The summed E-state index contributed by atoms with van der Waals surface area (Å²) in [6.45, 7) is 0.543. The molecule has 3 aliphatic rings. The number of aliphatic imine (C=N–C) groups is 1. The van der Waals surface area contributed by atoms with Crippen molar-refractivity contribution in [1.82, 2.24) is 4.90 Å². The van der Waals surface area contributed by atoms with E-state index in [9.17, 15) is 14.7 Å². The molecule has 1 aliphatic heterocycles. The highest BCUT2D eigenvalue weighted by Crippen LogP contribution is 2.46. The van der Waals surface area contributed by atoms with Crippen LogP contribution >= 0.6 is 0 Å². The fraction of sp³-hybridized carbons (Fsp3) is 0.609. The Morgan fingerprint density at radius 3 is 2.34 bits per heavy atom. The first kappa shape index (κ1) is 19.9. The second kappa shape index (κ2) is 8.17. The highest BCUT2D eigenvalue weighted by atomic mass is 16.4. The largest absolute Gasteiger partial charge is 0.481 e. The number of nitrogens with zero attached hydrogens (tertiary/aromatic N) is 2. The van der Waals surface area contributed by atoms with Gasteiger partial charge in [-0.05, 0) is 55.9 Å². The van der Waals surface area contributed by atoms with Gasteiger partial charge in [-0.15, -0.1) is 0 Å². The number of carbonyl (C=O) groups excluding carboxylic acids is 1. The van der Waals surface area contributed by atoms with E-state index >= 15 is 0 Å². The van der Waals surface area contributed by atoms with Crippen LogP contribution in [0.2, 0.25) is 0 Å². The van der Waals surface area contributed by atoms with Crippen LogP contribution in [0.3, 0.4) is 0 Å². The second-order valence-corrected chi connectivity index (χ2v) is 8.91. The monoisotopic (exact) mass is 397 g/mol. The maximum Gasteiger partial charge on any atom is 0.306 e. The van der Waals surface area contributed by atoms with Gasteiger partial charge in [-0.3, -0.25) is 14.5 Å². The lowest BCUT2D eigenvalue weighted by Crippen LogP contribution is -2.48. The van der Waals surface area contributed by atoms with Crippen LogP contribution in [0.4, 0.5) is 0 Å². The number of guanidine groups is 1. The normalized spacial score (nSPS) is 31.0. The molecular formula is C23H31N3O3. The Morgan fingerprint density at radius 2 is 1.72 bits per heavy atom. The molecule has 1 aromatic carbocycles. The number of benzene rings is 1. The van der Waals surface area contributed by atoms with E-state index in [0.29, 0.717) is 25.3 Å². The van der Waals surface area contributed by atoms with E-state index in [0.717, 1.165) is 44.1 Å². The molecule has 1 atom stereocenters. The van der Waals surface area contributed by atoms with E-state index in [1.807, 2.05) is 30.3 Å². The molecule has 6 nitrogen and oxygen atoms in total. The Balaban J connectivity index is 1.57. The number of rotatable bonds is 5. The molecule has 2 saturated carbocycles. The first-order valence-electron chi connectivity index (χ1n) is 11.0. The first-order chi connectivity index (χ1) is 14.0. The van der Waals surface area contributed by atoms with Crippen molar-refractivity contribution >= 4 is 17.8 Å². The van der Waals surface area contributed by atoms with E-state index in [-0.39, 0.29) is 23.7 Å². The SMILES string of the molecule is NC1=NC(c2ccccc2)(C2CCCCC2)C(=O)N1CC1CCC(C(=O)O)CC1. The summed E-state index contributed by atoms with van der Waals surface area (Å²) in [6.07, 6.45) is 8.43. The van der Waals surface area contributed by atoms with Crippen LogP contribution in [0.5, 0.6) is 0 Å². The van der Waals surface area contributed by atoms with Gasteiger partial charge >= 0.3 is 5.97 Å². The summed E-state index contributed by atoms with van der Waals surface area (Å²) < 4.78 is 0. The standard InChI is InChI=1S/C23H31N3O3/c24-22-25-23(18-7-3-1-4-8-18,19-9-5-2-6-10-19)21(29)26(22)15-16-11-13-17(14-12-16)20(27)28/h1,3-4,7-8,16-17,19H,2,5-6,9-15H2,(H2,24,25)(H,27,28). The Kier molecular flexibility index (Phi) is 5.61. The number of hydrogen-bond donors (Lipinski definition) is 2. The fourth-order valence-corrected chi connectivity index (χ4v) is 5.53. The van der Waals surface area contributed by atoms with Crippen LogP contribution in [-0.4, -0.2) is 34.4 Å². The molecule has 1 heterocycles. The molecule has 29 heavy (non-hydrogen) atoms.